The average Bonchev–Trinajstić information content (AvgIpc) is 2.99. The zero-order chi connectivity index (χ0) is 31.1. The summed E-state index contributed by atoms with van der Waals surface area (Å²) in [6.07, 6.45) is 0. The highest BCUT2D eigenvalue weighted by atomic mass is 32.1. The van der Waals surface area contributed by atoms with Crippen LogP contribution in [0.2, 0.25) is 0 Å². The lowest BCUT2D eigenvalue weighted by Crippen LogP contribution is -2.29. The van der Waals surface area contributed by atoms with Gasteiger partial charge in [-0.1, -0.05) is 42.5 Å². The molecule has 7 heteroatoms. The van der Waals surface area contributed by atoms with Gasteiger partial charge in [0.25, 0.3) is 0 Å². The van der Waals surface area contributed by atoms with Crippen LogP contribution >= 0.6 is 25.3 Å². The molecule has 5 nitrogen and oxygen atoms in total. The molecule has 0 aliphatic carbocycles. The van der Waals surface area contributed by atoms with E-state index >= 15 is 0 Å². The summed E-state index contributed by atoms with van der Waals surface area (Å²) in [5, 5.41) is 40.7. The van der Waals surface area contributed by atoms with Gasteiger partial charge in [0.1, 0.15) is 23.0 Å². The number of aromatic hydroxyl groups is 4. The summed E-state index contributed by atoms with van der Waals surface area (Å²) in [5.74, 6) is 0.228. The minimum Gasteiger partial charge on any atom is -0.508 e. The molecule has 0 radical (unpaired) electrons. The van der Waals surface area contributed by atoms with E-state index in [9.17, 15) is 25.2 Å². The van der Waals surface area contributed by atoms with Crippen molar-refractivity contribution in [3.8, 4) is 23.0 Å². The van der Waals surface area contributed by atoms with E-state index in [1.54, 1.807) is 48.5 Å². The number of carbonyl (C=O) groups is 1. The van der Waals surface area contributed by atoms with E-state index in [0.717, 1.165) is 33.4 Å². The maximum absolute atomic E-state index is 13.1. The second-order valence-corrected chi connectivity index (χ2v) is 12.1. The molecule has 0 fully saturated rings. The fourth-order valence-corrected chi connectivity index (χ4v) is 6.09. The Morgan fingerprint density at radius 2 is 0.860 bits per heavy atom. The molecule has 2 unspecified atom stereocenters. The van der Waals surface area contributed by atoms with Crippen molar-refractivity contribution < 1.29 is 25.2 Å². The lowest BCUT2D eigenvalue weighted by Gasteiger charge is -2.36. The average molecular weight is 609 g/mol. The smallest absolute Gasteiger partial charge is 0.159 e. The summed E-state index contributed by atoms with van der Waals surface area (Å²) >= 11 is 8.98. The van der Waals surface area contributed by atoms with Gasteiger partial charge in [0.15, 0.2) is 5.78 Å². The topological polar surface area (TPSA) is 98.0 Å². The molecule has 218 valence electrons. The first kappa shape index (κ1) is 30.1. The van der Waals surface area contributed by atoms with Crippen LogP contribution in [0.1, 0.15) is 64.5 Å². The second kappa shape index (κ2) is 11.4. The maximum atomic E-state index is 13.1. The number of phenols is 4. The molecule has 5 rings (SSSR count). The van der Waals surface area contributed by atoms with Gasteiger partial charge >= 0.3 is 0 Å². The highest BCUT2D eigenvalue weighted by molar-refractivity contribution is 7.80. The van der Waals surface area contributed by atoms with E-state index < -0.39 is 10.8 Å². The summed E-state index contributed by atoms with van der Waals surface area (Å²) in [6, 6.07) is 30.1. The largest absolute Gasteiger partial charge is 0.508 e. The Bertz CT molecular complexity index is 1710. The first-order chi connectivity index (χ1) is 20.3. The van der Waals surface area contributed by atoms with Gasteiger partial charge in [-0.3, -0.25) is 4.79 Å². The fourth-order valence-electron chi connectivity index (χ4n) is 5.67. The Balaban J connectivity index is 1.87. The Labute approximate surface area is 261 Å². The molecule has 0 spiro atoms. The standard InChI is InChI=1S/C36H32O5S2/c1-21(37)22-16-27(35(2,23-4-10-29(38)11-5-23)25-8-14-31(40)33(42)19-25)18-28(17-22)36(3,24-6-12-30(39)13-7-24)26-9-15-32(41)34(43)20-26/h4-20,38-43H,1-3H3. The Kier molecular flexibility index (Phi) is 7.99. The number of Topliss-reactive ketones (excluding diaryl/α,β-unsaturated/α-hetero) is 1. The summed E-state index contributed by atoms with van der Waals surface area (Å²) in [5.41, 5.74) is 3.74. The van der Waals surface area contributed by atoms with Crippen molar-refractivity contribution in [2.45, 2.75) is 41.4 Å². The van der Waals surface area contributed by atoms with E-state index in [-0.39, 0.29) is 28.8 Å². The third kappa shape index (κ3) is 5.46. The van der Waals surface area contributed by atoms with Crippen LogP contribution in [0.4, 0.5) is 0 Å². The molecule has 5 aromatic carbocycles. The molecule has 4 N–H and O–H groups in total. The summed E-state index contributed by atoms with van der Waals surface area (Å²) in [4.78, 5) is 13.9. The lowest BCUT2D eigenvalue weighted by atomic mass is 9.66. The normalized spacial score (nSPS) is 14.1. The number of phenolic OH excluding ortho intramolecular Hbond substituents is 4. The van der Waals surface area contributed by atoms with Gasteiger partial charge in [0.2, 0.25) is 0 Å². The van der Waals surface area contributed by atoms with Crippen molar-refractivity contribution in [1.29, 1.82) is 0 Å². The molecular formula is C36H32O5S2. The van der Waals surface area contributed by atoms with Crippen LogP contribution in [0.3, 0.4) is 0 Å². The third-order valence-electron chi connectivity index (χ3n) is 8.49. The van der Waals surface area contributed by atoms with E-state index in [4.69, 9.17) is 0 Å². The zero-order valence-electron chi connectivity index (χ0n) is 23.9. The first-order valence-corrected chi connectivity index (χ1v) is 14.5. The van der Waals surface area contributed by atoms with Gasteiger partial charge in [-0.25, -0.2) is 0 Å². The molecule has 0 saturated carbocycles. The van der Waals surface area contributed by atoms with Gasteiger partial charge in [-0.15, -0.1) is 25.3 Å². The van der Waals surface area contributed by atoms with Crippen LogP contribution in [0, 0.1) is 0 Å². The zero-order valence-corrected chi connectivity index (χ0v) is 25.7. The van der Waals surface area contributed by atoms with Crippen molar-refractivity contribution in [3.05, 3.63) is 142 Å². The Morgan fingerprint density at radius 3 is 1.19 bits per heavy atom. The molecule has 43 heavy (non-hydrogen) atoms. The lowest BCUT2D eigenvalue weighted by molar-refractivity contribution is 0.101. The molecule has 5 aromatic rings. The van der Waals surface area contributed by atoms with E-state index in [2.05, 4.69) is 31.3 Å². The van der Waals surface area contributed by atoms with Gasteiger partial charge in [0, 0.05) is 26.2 Å². The predicted molar refractivity (Wildman–Crippen MR) is 174 cm³/mol. The quantitative estimate of drug-likeness (QED) is 0.0639. The second-order valence-electron chi connectivity index (χ2n) is 11.1. The predicted octanol–water partition coefficient (Wildman–Crippen LogP) is 8.00. The Morgan fingerprint density at radius 1 is 0.512 bits per heavy atom. The minimum absolute atomic E-state index is 0.0492. The molecular weight excluding hydrogens is 577 g/mol. The van der Waals surface area contributed by atoms with E-state index in [0.29, 0.717) is 15.4 Å². The molecule has 2 atom stereocenters. The van der Waals surface area contributed by atoms with Crippen LogP contribution in [0.15, 0.2) is 113 Å². The molecule has 0 bridgehead atoms. The molecule has 0 aliphatic heterocycles. The van der Waals surface area contributed by atoms with Crippen LogP contribution in [0.5, 0.6) is 23.0 Å². The molecule has 0 amide bonds. The summed E-state index contributed by atoms with van der Waals surface area (Å²) in [6.45, 7) is 5.59. The Hall–Kier alpha value is -4.33. The van der Waals surface area contributed by atoms with Crippen LogP contribution in [-0.4, -0.2) is 26.2 Å². The number of ketones is 1. The van der Waals surface area contributed by atoms with Crippen molar-refractivity contribution in [2.24, 2.45) is 0 Å². The summed E-state index contributed by atoms with van der Waals surface area (Å²) in [7, 11) is 0. The van der Waals surface area contributed by atoms with E-state index in [1.165, 1.54) is 6.92 Å². The number of carbonyl (C=O) groups excluding carboxylic acids is 1. The SMILES string of the molecule is CC(=O)c1cc(C(C)(c2ccc(O)cc2)c2ccc(O)c(S)c2)cc(C(C)(c2ccc(O)cc2)c2ccc(O)c(S)c2)c1. The molecule has 0 saturated heterocycles. The summed E-state index contributed by atoms with van der Waals surface area (Å²) < 4.78 is 0. The minimum atomic E-state index is -0.849. The van der Waals surface area contributed by atoms with Crippen LogP contribution in [-0.2, 0) is 10.8 Å². The maximum Gasteiger partial charge on any atom is 0.159 e. The van der Waals surface area contributed by atoms with Crippen LogP contribution in [0.25, 0.3) is 0 Å². The van der Waals surface area contributed by atoms with Crippen molar-refractivity contribution >= 4 is 31.0 Å². The van der Waals surface area contributed by atoms with Crippen LogP contribution < -0.4 is 0 Å². The van der Waals surface area contributed by atoms with E-state index in [1.807, 2.05) is 62.4 Å². The monoisotopic (exact) mass is 608 g/mol. The molecule has 0 heterocycles. The number of rotatable bonds is 7. The van der Waals surface area contributed by atoms with Gasteiger partial charge in [-0.2, -0.15) is 0 Å². The third-order valence-corrected chi connectivity index (χ3v) is 9.21. The first-order valence-electron chi connectivity index (χ1n) is 13.6. The number of benzene rings is 5. The highest BCUT2D eigenvalue weighted by Crippen LogP contribution is 2.46. The van der Waals surface area contributed by atoms with Crippen molar-refractivity contribution in [2.75, 3.05) is 0 Å². The van der Waals surface area contributed by atoms with Gasteiger partial charge in [0.05, 0.1) is 0 Å². The van der Waals surface area contributed by atoms with Crippen molar-refractivity contribution in [1.82, 2.24) is 0 Å². The number of thiol groups is 2. The van der Waals surface area contributed by atoms with Crippen molar-refractivity contribution in [3.63, 3.8) is 0 Å². The van der Waals surface area contributed by atoms with Gasteiger partial charge in [-0.05, 0) is 115 Å². The highest BCUT2D eigenvalue weighted by Gasteiger charge is 2.37. The molecule has 0 aliphatic rings. The number of hydrogen-bond acceptors (Lipinski definition) is 7. The number of hydrogen-bond donors (Lipinski definition) is 6. The molecule has 0 aromatic heterocycles. The fraction of sp³-hybridized carbons (Fsp3) is 0.139. The van der Waals surface area contributed by atoms with Gasteiger partial charge < -0.3 is 20.4 Å².